The predicted molar refractivity (Wildman–Crippen MR) is 67.4 cm³/mol. The maximum atomic E-state index is 6.13. The lowest BCUT2D eigenvalue weighted by molar-refractivity contribution is 1.31. The van der Waals surface area contributed by atoms with Crippen LogP contribution in [0.3, 0.4) is 0 Å². The third kappa shape index (κ3) is 2.17. The molecule has 0 fully saturated rings. The van der Waals surface area contributed by atoms with E-state index in [1.54, 1.807) is 18.5 Å². The second-order valence-electron chi connectivity index (χ2n) is 2.96. The van der Waals surface area contributed by atoms with Gasteiger partial charge in [0.2, 0.25) is 0 Å². The van der Waals surface area contributed by atoms with E-state index in [0.717, 1.165) is 15.6 Å². The highest BCUT2D eigenvalue weighted by Crippen LogP contribution is 2.36. The normalized spacial score (nSPS) is 10.3. The van der Waals surface area contributed by atoms with Gasteiger partial charge in [-0.2, -0.15) is 0 Å². The number of pyridine rings is 1. The van der Waals surface area contributed by atoms with Gasteiger partial charge in [-0.15, -0.1) is 0 Å². The summed E-state index contributed by atoms with van der Waals surface area (Å²) in [6.07, 6.45) is 3.45. The van der Waals surface area contributed by atoms with E-state index >= 15 is 0 Å². The molecule has 2 aromatic rings. The van der Waals surface area contributed by atoms with E-state index in [1.807, 2.05) is 18.2 Å². The summed E-state index contributed by atoms with van der Waals surface area (Å²) >= 11 is 15.5. The zero-order chi connectivity index (χ0) is 10.8. The molecular formula is C11H6BrCl2N. The van der Waals surface area contributed by atoms with Crippen molar-refractivity contribution in [2.75, 3.05) is 0 Å². The largest absolute Gasteiger partial charge is 0.264 e. The fraction of sp³-hybridized carbons (Fsp3) is 0. The number of aromatic nitrogens is 1. The van der Waals surface area contributed by atoms with Crippen molar-refractivity contribution in [3.8, 4) is 11.1 Å². The smallest absolute Gasteiger partial charge is 0.0671 e. The van der Waals surface area contributed by atoms with Crippen LogP contribution in [0, 0.1) is 0 Å². The van der Waals surface area contributed by atoms with Gasteiger partial charge in [-0.1, -0.05) is 35.3 Å². The van der Waals surface area contributed by atoms with E-state index in [2.05, 4.69) is 20.9 Å². The molecule has 0 amide bonds. The first-order chi connectivity index (χ1) is 7.20. The summed E-state index contributed by atoms with van der Waals surface area (Å²) in [4.78, 5) is 4.00. The van der Waals surface area contributed by atoms with Crippen LogP contribution < -0.4 is 0 Å². The molecular weight excluding hydrogens is 297 g/mol. The number of nitrogens with zero attached hydrogens (tertiary/aromatic N) is 1. The van der Waals surface area contributed by atoms with Crippen molar-refractivity contribution >= 4 is 39.1 Å². The minimum Gasteiger partial charge on any atom is -0.264 e. The van der Waals surface area contributed by atoms with E-state index in [-0.39, 0.29) is 0 Å². The molecule has 2 rings (SSSR count). The number of hydrogen-bond acceptors (Lipinski definition) is 1. The van der Waals surface area contributed by atoms with E-state index < -0.39 is 0 Å². The van der Waals surface area contributed by atoms with Crippen molar-refractivity contribution in [1.82, 2.24) is 4.98 Å². The summed E-state index contributed by atoms with van der Waals surface area (Å²) in [5, 5.41) is 1.11. The molecule has 0 bridgehead atoms. The Hall–Kier alpha value is -0.570. The van der Waals surface area contributed by atoms with Crippen molar-refractivity contribution in [3.05, 3.63) is 51.2 Å². The van der Waals surface area contributed by atoms with Gasteiger partial charge < -0.3 is 0 Å². The van der Waals surface area contributed by atoms with Gasteiger partial charge >= 0.3 is 0 Å². The van der Waals surface area contributed by atoms with Gasteiger partial charge in [0.05, 0.1) is 10.0 Å². The van der Waals surface area contributed by atoms with Crippen LogP contribution >= 0.6 is 39.1 Å². The highest BCUT2D eigenvalue weighted by molar-refractivity contribution is 9.10. The second kappa shape index (κ2) is 4.52. The Labute approximate surface area is 106 Å². The molecule has 0 aliphatic carbocycles. The molecule has 0 saturated heterocycles. The summed E-state index contributed by atoms with van der Waals surface area (Å²) < 4.78 is 0.897. The summed E-state index contributed by atoms with van der Waals surface area (Å²) in [6, 6.07) is 7.45. The SMILES string of the molecule is Clc1cccc(-c2ccncc2Br)c1Cl. The van der Waals surface area contributed by atoms with Gasteiger partial charge in [0, 0.05) is 28.0 Å². The fourth-order valence-electron chi connectivity index (χ4n) is 1.31. The summed E-state index contributed by atoms with van der Waals surface area (Å²) in [7, 11) is 0. The van der Waals surface area contributed by atoms with Crippen LogP contribution in [0.4, 0.5) is 0 Å². The molecule has 0 spiro atoms. The van der Waals surface area contributed by atoms with Crippen molar-refractivity contribution < 1.29 is 0 Å². The molecule has 0 aliphatic rings. The van der Waals surface area contributed by atoms with Crippen molar-refractivity contribution in [2.24, 2.45) is 0 Å². The molecule has 0 saturated carbocycles. The molecule has 4 heteroatoms. The minimum atomic E-state index is 0.554. The van der Waals surface area contributed by atoms with E-state index in [1.165, 1.54) is 0 Å². The maximum Gasteiger partial charge on any atom is 0.0671 e. The molecule has 76 valence electrons. The van der Waals surface area contributed by atoms with Crippen LogP contribution in [0.15, 0.2) is 41.1 Å². The van der Waals surface area contributed by atoms with E-state index in [0.29, 0.717) is 10.0 Å². The predicted octanol–water partition coefficient (Wildman–Crippen LogP) is 4.82. The topological polar surface area (TPSA) is 12.9 Å². The van der Waals surface area contributed by atoms with Crippen molar-refractivity contribution in [3.63, 3.8) is 0 Å². The Morgan fingerprint density at radius 1 is 1.07 bits per heavy atom. The van der Waals surface area contributed by atoms with Gasteiger partial charge in [-0.3, -0.25) is 4.98 Å². The highest BCUT2D eigenvalue weighted by atomic mass is 79.9. The summed E-state index contributed by atoms with van der Waals surface area (Å²) in [5.41, 5.74) is 1.89. The summed E-state index contributed by atoms with van der Waals surface area (Å²) in [5.74, 6) is 0. The third-order valence-corrected chi connectivity index (χ3v) is 3.47. The van der Waals surface area contributed by atoms with E-state index in [4.69, 9.17) is 23.2 Å². The quantitative estimate of drug-likeness (QED) is 0.736. The molecule has 0 N–H and O–H groups in total. The first-order valence-corrected chi connectivity index (χ1v) is 5.79. The van der Waals surface area contributed by atoms with Gasteiger partial charge in [-0.25, -0.2) is 0 Å². The molecule has 1 aromatic carbocycles. The lowest BCUT2D eigenvalue weighted by Crippen LogP contribution is -1.83. The first-order valence-electron chi connectivity index (χ1n) is 4.24. The number of halogens is 3. The number of hydrogen-bond donors (Lipinski definition) is 0. The van der Waals surface area contributed by atoms with Crippen molar-refractivity contribution in [2.45, 2.75) is 0 Å². The molecule has 1 nitrogen and oxygen atoms in total. The average molecular weight is 303 g/mol. The Morgan fingerprint density at radius 3 is 2.60 bits per heavy atom. The molecule has 0 unspecified atom stereocenters. The fourth-order valence-corrected chi connectivity index (χ4v) is 2.17. The molecule has 0 aliphatic heterocycles. The summed E-state index contributed by atoms with van der Waals surface area (Å²) in [6.45, 7) is 0. The van der Waals surface area contributed by atoms with Crippen LogP contribution in [0.1, 0.15) is 0 Å². The monoisotopic (exact) mass is 301 g/mol. The minimum absolute atomic E-state index is 0.554. The average Bonchev–Trinajstić information content (AvgIpc) is 2.23. The Kier molecular flexibility index (Phi) is 3.29. The lowest BCUT2D eigenvalue weighted by Gasteiger charge is -2.07. The number of benzene rings is 1. The number of rotatable bonds is 1. The van der Waals surface area contributed by atoms with Crippen molar-refractivity contribution in [1.29, 1.82) is 0 Å². The van der Waals surface area contributed by atoms with Gasteiger partial charge in [0.25, 0.3) is 0 Å². The molecule has 0 radical (unpaired) electrons. The Bertz CT molecular complexity index is 500. The standard InChI is InChI=1S/C11H6BrCl2N/c12-9-6-15-5-4-7(9)8-2-1-3-10(13)11(8)14/h1-6H. The second-order valence-corrected chi connectivity index (χ2v) is 4.60. The zero-order valence-electron chi connectivity index (χ0n) is 7.55. The Morgan fingerprint density at radius 2 is 1.87 bits per heavy atom. The van der Waals surface area contributed by atoms with Crippen LogP contribution in [0.25, 0.3) is 11.1 Å². The lowest BCUT2D eigenvalue weighted by atomic mass is 10.1. The van der Waals surface area contributed by atoms with Crippen LogP contribution in [0.5, 0.6) is 0 Å². The molecule has 15 heavy (non-hydrogen) atoms. The van der Waals surface area contributed by atoms with Gasteiger partial charge in [-0.05, 0) is 28.1 Å². The molecule has 0 atom stereocenters. The highest BCUT2D eigenvalue weighted by Gasteiger charge is 2.08. The first kappa shape index (κ1) is 10.9. The molecule has 1 aromatic heterocycles. The van der Waals surface area contributed by atoms with E-state index in [9.17, 15) is 0 Å². The van der Waals surface area contributed by atoms with Gasteiger partial charge in [0.15, 0.2) is 0 Å². The Balaban J connectivity index is 2.65. The van der Waals surface area contributed by atoms with Gasteiger partial charge in [0.1, 0.15) is 0 Å². The van der Waals surface area contributed by atoms with Crippen LogP contribution in [-0.4, -0.2) is 4.98 Å². The maximum absolute atomic E-state index is 6.13. The van der Waals surface area contributed by atoms with Crippen LogP contribution in [0.2, 0.25) is 10.0 Å². The molecule has 1 heterocycles. The third-order valence-electron chi connectivity index (χ3n) is 2.01. The van der Waals surface area contributed by atoms with Crippen LogP contribution in [-0.2, 0) is 0 Å². The zero-order valence-corrected chi connectivity index (χ0v) is 10.6.